The summed E-state index contributed by atoms with van der Waals surface area (Å²) in [6.45, 7) is 3.31. The Morgan fingerprint density at radius 1 is 1.10 bits per heavy atom. The number of amides is 1. The van der Waals surface area contributed by atoms with Crippen LogP contribution >= 0.6 is 11.6 Å². The molecule has 0 atom stereocenters. The van der Waals surface area contributed by atoms with Crippen molar-refractivity contribution in [3.05, 3.63) is 64.7 Å². The molecule has 1 fully saturated rings. The Bertz CT molecular complexity index is 942. The number of hydrogen-bond donors (Lipinski definition) is 1. The number of nitrogens with zero attached hydrogens (tertiary/aromatic N) is 2. The average Bonchev–Trinajstić information content (AvgIpc) is 3.18. The van der Waals surface area contributed by atoms with Gasteiger partial charge in [0.2, 0.25) is 15.9 Å². The standard InChI is InChI=1S/C21H26ClN3O3S/c1-29(27,28)25(20-6-4-5-19(22)13-20)16-21(26)23-14-17-7-9-18(10-8-17)15-24-11-2-3-12-24/h4-10,13H,2-3,11-12,14-16H2,1H3,(H,23,26). The van der Waals surface area contributed by atoms with Crippen molar-refractivity contribution in [3.63, 3.8) is 0 Å². The van der Waals surface area contributed by atoms with Crippen LogP contribution < -0.4 is 9.62 Å². The Balaban J connectivity index is 1.56. The molecule has 6 nitrogen and oxygen atoms in total. The Kier molecular flexibility index (Phi) is 7.16. The second-order valence-electron chi connectivity index (χ2n) is 7.33. The van der Waals surface area contributed by atoms with Crippen molar-refractivity contribution >= 4 is 33.2 Å². The second kappa shape index (κ2) is 9.61. The minimum absolute atomic E-state index is 0.299. The maximum absolute atomic E-state index is 12.4. The number of rotatable bonds is 8. The maximum Gasteiger partial charge on any atom is 0.241 e. The van der Waals surface area contributed by atoms with E-state index in [4.69, 9.17) is 11.6 Å². The van der Waals surface area contributed by atoms with Gasteiger partial charge in [-0.05, 0) is 55.3 Å². The fraction of sp³-hybridized carbons (Fsp3) is 0.381. The molecule has 29 heavy (non-hydrogen) atoms. The lowest BCUT2D eigenvalue weighted by molar-refractivity contribution is -0.119. The molecule has 0 bridgehead atoms. The quantitative estimate of drug-likeness (QED) is 0.692. The molecule has 0 aromatic heterocycles. The van der Waals surface area contributed by atoms with Gasteiger partial charge in [-0.15, -0.1) is 0 Å². The fourth-order valence-electron chi connectivity index (χ4n) is 3.38. The van der Waals surface area contributed by atoms with Crippen molar-refractivity contribution < 1.29 is 13.2 Å². The van der Waals surface area contributed by atoms with Gasteiger partial charge in [0.25, 0.3) is 0 Å². The van der Waals surface area contributed by atoms with E-state index in [1.54, 1.807) is 18.2 Å². The number of sulfonamides is 1. The smallest absolute Gasteiger partial charge is 0.241 e. The molecule has 0 saturated carbocycles. The summed E-state index contributed by atoms with van der Waals surface area (Å²) in [6.07, 6.45) is 3.61. The van der Waals surface area contributed by atoms with E-state index in [9.17, 15) is 13.2 Å². The first kappa shape index (κ1) is 21.6. The van der Waals surface area contributed by atoms with Crippen LogP contribution in [0.3, 0.4) is 0 Å². The SMILES string of the molecule is CS(=O)(=O)N(CC(=O)NCc1ccc(CN2CCCC2)cc1)c1cccc(Cl)c1. The first-order chi connectivity index (χ1) is 13.8. The number of halogens is 1. The monoisotopic (exact) mass is 435 g/mol. The Labute approximate surface area is 177 Å². The molecule has 2 aromatic rings. The van der Waals surface area contributed by atoms with Gasteiger partial charge in [0.05, 0.1) is 11.9 Å². The molecular weight excluding hydrogens is 410 g/mol. The number of nitrogens with one attached hydrogen (secondary N) is 1. The van der Waals surface area contributed by atoms with Crippen molar-refractivity contribution in [3.8, 4) is 0 Å². The molecule has 0 aliphatic carbocycles. The van der Waals surface area contributed by atoms with Crippen molar-refractivity contribution in [2.45, 2.75) is 25.9 Å². The molecule has 3 rings (SSSR count). The molecule has 1 N–H and O–H groups in total. The molecule has 2 aromatic carbocycles. The average molecular weight is 436 g/mol. The first-order valence-corrected chi connectivity index (χ1v) is 11.8. The highest BCUT2D eigenvalue weighted by Crippen LogP contribution is 2.21. The van der Waals surface area contributed by atoms with Gasteiger partial charge in [-0.25, -0.2) is 8.42 Å². The molecule has 0 spiro atoms. The molecule has 1 aliphatic rings. The topological polar surface area (TPSA) is 69.7 Å². The van der Waals surface area contributed by atoms with E-state index in [-0.39, 0.29) is 12.5 Å². The molecule has 0 unspecified atom stereocenters. The third-order valence-corrected chi connectivity index (χ3v) is 6.28. The number of likely N-dealkylation sites (tertiary alicyclic amines) is 1. The normalized spacial score (nSPS) is 14.7. The van der Waals surface area contributed by atoms with Crippen LogP contribution in [0, 0.1) is 0 Å². The van der Waals surface area contributed by atoms with Gasteiger partial charge in [0.15, 0.2) is 0 Å². The largest absolute Gasteiger partial charge is 0.350 e. The molecule has 1 heterocycles. The predicted molar refractivity (Wildman–Crippen MR) is 116 cm³/mol. The van der Waals surface area contributed by atoms with Gasteiger partial charge in [0.1, 0.15) is 6.54 Å². The summed E-state index contributed by atoms with van der Waals surface area (Å²) in [5, 5.41) is 3.20. The predicted octanol–water partition coefficient (Wildman–Crippen LogP) is 3.02. The minimum Gasteiger partial charge on any atom is -0.350 e. The summed E-state index contributed by atoms with van der Waals surface area (Å²) in [6, 6.07) is 14.6. The zero-order chi connectivity index (χ0) is 20.9. The fourth-order valence-corrected chi connectivity index (χ4v) is 4.41. The van der Waals surface area contributed by atoms with Gasteiger partial charge in [-0.1, -0.05) is 41.9 Å². The van der Waals surface area contributed by atoms with Crippen molar-refractivity contribution in [2.75, 3.05) is 30.2 Å². The van der Waals surface area contributed by atoms with E-state index in [1.807, 2.05) is 12.1 Å². The summed E-state index contributed by atoms with van der Waals surface area (Å²) in [7, 11) is -3.62. The lowest BCUT2D eigenvalue weighted by Crippen LogP contribution is -2.40. The molecule has 1 aliphatic heterocycles. The van der Waals surface area contributed by atoms with Crippen molar-refractivity contribution in [1.82, 2.24) is 10.2 Å². The molecular formula is C21H26ClN3O3S. The molecule has 1 amide bonds. The van der Waals surface area contributed by atoms with Gasteiger partial charge >= 0.3 is 0 Å². The summed E-state index contributed by atoms with van der Waals surface area (Å²) >= 11 is 5.96. The summed E-state index contributed by atoms with van der Waals surface area (Å²) in [4.78, 5) is 14.8. The number of benzene rings is 2. The van der Waals surface area contributed by atoms with Crippen LogP contribution in [0.2, 0.25) is 5.02 Å². The van der Waals surface area contributed by atoms with Crippen molar-refractivity contribution in [1.29, 1.82) is 0 Å². The number of carbonyl (C=O) groups excluding carboxylic acids is 1. The lowest BCUT2D eigenvalue weighted by Gasteiger charge is -2.22. The molecule has 1 saturated heterocycles. The zero-order valence-electron chi connectivity index (χ0n) is 16.5. The highest BCUT2D eigenvalue weighted by atomic mass is 35.5. The van der Waals surface area contributed by atoms with Crippen LogP contribution in [-0.4, -0.2) is 45.1 Å². The van der Waals surface area contributed by atoms with Crippen LogP contribution in [0.1, 0.15) is 24.0 Å². The van der Waals surface area contributed by atoms with Crippen LogP contribution in [0.25, 0.3) is 0 Å². The number of anilines is 1. The van der Waals surface area contributed by atoms with Crippen molar-refractivity contribution in [2.24, 2.45) is 0 Å². The highest BCUT2D eigenvalue weighted by molar-refractivity contribution is 7.92. The molecule has 0 radical (unpaired) electrons. The van der Waals surface area contributed by atoms with E-state index >= 15 is 0 Å². The Morgan fingerprint density at radius 3 is 2.38 bits per heavy atom. The Hall–Kier alpha value is -2.09. The highest BCUT2D eigenvalue weighted by Gasteiger charge is 2.21. The van der Waals surface area contributed by atoms with Gasteiger partial charge in [-0.2, -0.15) is 0 Å². The molecule has 8 heteroatoms. The summed E-state index contributed by atoms with van der Waals surface area (Å²) < 4.78 is 25.3. The summed E-state index contributed by atoms with van der Waals surface area (Å²) in [5.74, 6) is -0.378. The lowest BCUT2D eigenvalue weighted by atomic mass is 10.1. The van der Waals surface area contributed by atoms with E-state index in [1.165, 1.54) is 24.5 Å². The summed E-state index contributed by atoms with van der Waals surface area (Å²) in [5.41, 5.74) is 2.59. The number of carbonyl (C=O) groups is 1. The van der Waals surface area contributed by atoms with Crippen LogP contribution in [-0.2, 0) is 27.9 Å². The van der Waals surface area contributed by atoms with E-state index in [0.717, 1.165) is 35.8 Å². The van der Waals surface area contributed by atoms with Crippen LogP contribution in [0.5, 0.6) is 0 Å². The second-order valence-corrected chi connectivity index (χ2v) is 9.67. The zero-order valence-corrected chi connectivity index (χ0v) is 18.0. The van der Waals surface area contributed by atoms with Gasteiger partial charge in [-0.3, -0.25) is 14.0 Å². The van der Waals surface area contributed by atoms with E-state index < -0.39 is 10.0 Å². The Morgan fingerprint density at radius 2 is 1.76 bits per heavy atom. The molecule has 156 valence electrons. The minimum atomic E-state index is -3.62. The maximum atomic E-state index is 12.4. The van der Waals surface area contributed by atoms with Gasteiger partial charge < -0.3 is 5.32 Å². The third kappa shape index (κ3) is 6.45. The van der Waals surface area contributed by atoms with E-state index in [2.05, 4.69) is 22.3 Å². The third-order valence-electron chi connectivity index (χ3n) is 4.90. The van der Waals surface area contributed by atoms with Gasteiger partial charge in [0, 0.05) is 18.1 Å². The van der Waals surface area contributed by atoms with E-state index in [0.29, 0.717) is 17.3 Å². The first-order valence-electron chi connectivity index (χ1n) is 9.61. The number of hydrogen-bond acceptors (Lipinski definition) is 4. The van der Waals surface area contributed by atoms with Crippen LogP contribution in [0.15, 0.2) is 48.5 Å². The van der Waals surface area contributed by atoms with Crippen LogP contribution in [0.4, 0.5) is 5.69 Å².